The van der Waals surface area contributed by atoms with Crippen LogP contribution in [0.4, 0.5) is 0 Å². The third-order valence-electron chi connectivity index (χ3n) is 2.37. The molecule has 16 heavy (non-hydrogen) atoms. The van der Waals surface area contributed by atoms with Gasteiger partial charge in [0.05, 0.1) is 11.6 Å². The predicted octanol–water partition coefficient (Wildman–Crippen LogP) is 1.72. The van der Waals surface area contributed by atoms with Crippen LogP contribution in [-0.4, -0.2) is 22.2 Å². The first kappa shape index (κ1) is 10.8. The summed E-state index contributed by atoms with van der Waals surface area (Å²) in [6.45, 7) is 3.94. The molecule has 0 saturated heterocycles. The molecule has 5 heteroatoms. The van der Waals surface area contributed by atoms with Crippen molar-refractivity contribution >= 4 is 0 Å². The van der Waals surface area contributed by atoms with Gasteiger partial charge in [0.25, 0.3) is 0 Å². The van der Waals surface area contributed by atoms with E-state index in [0.717, 1.165) is 11.1 Å². The minimum absolute atomic E-state index is 0.0546. The summed E-state index contributed by atoms with van der Waals surface area (Å²) in [5.41, 5.74) is 1.92. The molecule has 2 aromatic heterocycles. The molecule has 1 atom stereocenters. The molecule has 0 aliphatic heterocycles. The third kappa shape index (κ3) is 2.09. The first-order chi connectivity index (χ1) is 7.70. The minimum atomic E-state index is 0.0546. The van der Waals surface area contributed by atoms with E-state index in [9.17, 15) is 0 Å². The molecule has 2 rings (SSSR count). The van der Waals surface area contributed by atoms with E-state index < -0.39 is 0 Å². The normalized spacial score (nSPS) is 12.7. The van der Waals surface area contributed by atoms with E-state index in [1.165, 1.54) is 0 Å². The van der Waals surface area contributed by atoms with Gasteiger partial charge < -0.3 is 9.73 Å². The van der Waals surface area contributed by atoms with Crippen LogP contribution in [0.15, 0.2) is 22.9 Å². The van der Waals surface area contributed by atoms with E-state index in [1.807, 2.05) is 27.0 Å². The fourth-order valence-electron chi connectivity index (χ4n) is 1.32. The summed E-state index contributed by atoms with van der Waals surface area (Å²) in [5.74, 6) is 1.09. The Morgan fingerprint density at radius 2 is 2.12 bits per heavy atom. The van der Waals surface area contributed by atoms with Gasteiger partial charge in [-0.2, -0.15) is 0 Å². The summed E-state index contributed by atoms with van der Waals surface area (Å²) >= 11 is 0. The Kier molecular flexibility index (Phi) is 2.96. The maximum absolute atomic E-state index is 5.55. The summed E-state index contributed by atoms with van der Waals surface area (Å²) < 4.78 is 5.55. The van der Waals surface area contributed by atoms with E-state index in [0.29, 0.717) is 11.8 Å². The Morgan fingerprint density at radius 3 is 2.81 bits per heavy atom. The second-order valence-corrected chi connectivity index (χ2v) is 3.71. The van der Waals surface area contributed by atoms with E-state index in [2.05, 4.69) is 20.5 Å². The maximum Gasteiger partial charge on any atom is 0.249 e. The van der Waals surface area contributed by atoms with Gasteiger partial charge in [0.1, 0.15) is 0 Å². The lowest BCUT2D eigenvalue weighted by Crippen LogP contribution is -2.12. The zero-order valence-corrected chi connectivity index (χ0v) is 9.56. The predicted molar refractivity (Wildman–Crippen MR) is 59.7 cm³/mol. The van der Waals surface area contributed by atoms with Crippen LogP contribution in [0.1, 0.15) is 24.4 Å². The van der Waals surface area contributed by atoms with Crippen molar-refractivity contribution in [1.82, 2.24) is 20.5 Å². The molecule has 1 unspecified atom stereocenters. The lowest BCUT2D eigenvalue weighted by atomic mass is 10.2. The van der Waals surface area contributed by atoms with Crippen LogP contribution in [0.25, 0.3) is 11.5 Å². The van der Waals surface area contributed by atoms with Gasteiger partial charge in [-0.25, -0.2) is 0 Å². The van der Waals surface area contributed by atoms with Crippen LogP contribution < -0.4 is 5.32 Å². The molecule has 0 fully saturated rings. The number of hydrogen-bond acceptors (Lipinski definition) is 5. The smallest absolute Gasteiger partial charge is 0.249 e. The van der Waals surface area contributed by atoms with Crippen LogP contribution in [0.3, 0.4) is 0 Å². The number of pyridine rings is 1. The van der Waals surface area contributed by atoms with Crippen molar-refractivity contribution in [3.8, 4) is 11.5 Å². The van der Waals surface area contributed by atoms with Crippen molar-refractivity contribution in [2.24, 2.45) is 0 Å². The molecule has 1 N–H and O–H groups in total. The Bertz CT molecular complexity index is 480. The van der Waals surface area contributed by atoms with E-state index in [-0.39, 0.29) is 6.04 Å². The fraction of sp³-hybridized carbons (Fsp3) is 0.364. The minimum Gasteiger partial charge on any atom is -0.419 e. The summed E-state index contributed by atoms with van der Waals surface area (Å²) in [6.07, 6.45) is 3.51. The molecule has 0 aromatic carbocycles. The highest BCUT2D eigenvalue weighted by molar-refractivity contribution is 5.51. The number of aryl methyl sites for hydroxylation is 1. The Morgan fingerprint density at radius 1 is 1.31 bits per heavy atom. The average molecular weight is 218 g/mol. The van der Waals surface area contributed by atoms with Crippen molar-refractivity contribution in [3.05, 3.63) is 29.9 Å². The first-order valence-corrected chi connectivity index (χ1v) is 5.13. The highest BCUT2D eigenvalue weighted by Crippen LogP contribution is 2.20. The molecule has 0 radical (unpaired) electrons. The highest BCUT2D eigenvalue weighted by atomic mass is 16.4. The Labute approximate surface area is 93.9 Å². The van der Waals surface area contributed by atoms with E-state index >= 15 is 0 Å². The van der Waals surface area contributed by atoms with Crippen LogP contribution in [0, 0.1) is 6.92 Å². The second kappa shape index (κ2) is 4.40. The Hall–Kier alpha value is -1.75. The molecule has 0 spiro atoms. The van der Waals surface area contributed by atoms with E-state index in [1.54, 1.807) is 12.4 Å². The van der Waals surface area contributed by atoms with Crippen molar-refractivity contribution in [1.29, 1.82) is 0 Å². The number of rotatable bonds is 3. The molecule has 0 aliphatic carbocycles. The monoisotopic (exact) mass is 218 g/mol. The second-order valence-electron chi connectivity index (χ2n) is 3.71. The van der Waals surface area contributed by atoms with Crippen LogP contribution in [-0.2, 0) is 0 Å². The van der Waals surface area contributed by atoms with Gasteiger partial charge in [-0.3, -0.25) is 4.98 Å². The summed E-state index contributed by atoms with van der Waals surface area (Å²) in [6, 6.07) is 2.02. The average Bonchev–Trinajstić information content (AvgIpc) is 2.77. The summed E-state index contributed by atoms with van der Waals surface area (Å²) in [7, 11) is 1.85. The topological polar surface area (TPSA) is 63.8 Å². The number of nitrogens with zero attached hydrogens (tertiary/aromatic N) is 3. The Balaban J connectivity index is 2.31. The van der Waals surface area contributed by atoms with Crippen LogP contribution in [0.2, 0.25) is 0 Å². The van der Waals surface area contributed by atoms with Gasteiger partial charge in [0.15, 0.2) is 0 Å². The van der Waals surface area contributed by atoms with Gasteiger partial charge in [-0.1, -0.05) is 0 Å². The quantitative estimate of drug-likeness (QED) is 0.849. The first-order valence-electron chi connectivity index (χ1n) is 5.13. The van der Waals surface area contributed by atoms with Crippen LogP contribution in [0.5, 0.6) is 0 Å². The summed E-state index contributed by atoms with van der Waals surface area (Å²) in [5, 5.41) is 11.0. The molecular formula is C11H14N4O. The van der Waals surface area contributed by atoms with Gasteiger partial charge in [-0.05, 0) is 32.5 Å². The van der Waals surface area contributed by atoms with Gasteiger partial charge in [-0.15, -0.1) is 10.2 Å². The largest absolute Gasteiger partial charge is 0.419 e. The molecule has 0 bridgehead atoms. The van der Waals surface area contributed by atoms with Crippen LogP contribution >= 0.6 is 0 Å². The van der Waals surface area contributed by atoms with Crippen molar-refractivity contribution in [3.63, 3.8) is 0 Å². The molecule has 0 amide bonds. The van der Waals surface area contributed by atoms with Gasteiger partial charge >= 0.3 is 0 Å². The molecule has 0 aliphatic rings. The zero-order chi connectivity index (χ0) is 11.5. The number of nitrogens with one attached hydrogen (secondary N) is 1. The standard InChI is InChI=1S/C11H14N4O/c1-7-4-9(6-13-5-7)11-15-14-10(16-11)8(2)12-3/h4-6,8,12H,1-3H3. The van der Waals surface area contributed by atoms with Gasteiger partial charge in [0, 0.05) is 12.4 Å². The third-order valence-corrected chi connectivity index (χ3v) is 2.37. The number of aromatic nitrogens is 3. The van der Waals surface area contributed by atoms with Crippen molar-refractivity contribution in [2.75, 3.05) is 7.05 Å². The van der Waals surface area contributed by atoms with Crippen molar-refractivity contribution in [2.45, 2.75) is 19.9 Å². The molecule has 5 nitrogen and oxygen atoms in total. The molecule has 2 heterocycles. The van der Waals surface area contributed by atoms with E-state index in [4.69, 9.17) is 4.42 Å². The SMILES string of the molecule is CNC(C)c1nnc(-c2cncc(C)c2)o1. The lowest BCUT2D eigenvalue weighted by Gasteiger charge is -2.02. The summed E-state index contributed by atoms with van der Waals surface area (Å²) in [4.78, 5) is 4.09. The molecule has 84 valence electrons. The fourth-order valence-corrected chi connectivity index (χ4v) is 1.32. The molecule has 0 saturated carbocycles. The van der Waals surface area contributed by atoms with Gasteiger partial charge in [0.2, 0.25) is 11.8 Å². The molecule has 2 aromatic rings. The number of hydrogen-bond donors (Lipinski definition) is 1. The lowest BCUT2D eigenvalue weighted by molar-refractivity contribution is 0.441. The zero-order valence-electron chi connectivity index (χ0n) is 9.56. The highest BCUT2D eigenvalue weighted by Gasteiger charge is 2.13. The molecular weight excluding hydrogens is 204 g/mol. The van der Waals surface area contributed by atoms with Crippen molar-refractivity contribution < 1.29 is 4.42 Å². The maximum atomic E-state index is 5.55.